The van der Waals surface area contributed by atoms with E-state index in [4.69, 9.17) is 0 Å². The summed E-state index contributed by atoms with van der Waals surface area (Å²) in [6.45, 7) is 1.59. The minimum atomic E-state index is -3.05. The number of nitrogens with one attached hydrogen (secondary N) is 2. The first kappa shape index (κ1) is 11.4. The maximum Gasteiger partial charge on any atom is 0.213 e. The summed E-state index contributed by atoms with van der Waals surface area (Å²) in [5.74, 6) is 1.04. The Morgan fingerprint density at radius 3 is 2.67 bits per heavy atom. The molecule has 2 aliphatic rings. The zero-order valence-electron chi connectivity index (χ0n) is 9.04. The van der Waals surface area contributed by atoms with Crippen LogP contribution >= 0.6 is 0 Å². The molecule has 0 spiro atoms. The first-order valence-electron chi connectivity index (χ1n) is 5.86. The van der Waals surface area contributed by atoms with Gasteiger partial charge in [-0.3, -0.25) is 0 Å². The lowest BCUT2D eigenvalue weighted by Crippen LogP contribution is -2.37. The molecule has 0 amide bonds. The maximum absolute atomic E-state index is 11.6. The molecule has 1 unspecified atom stereocenters. The minimum Gasteiger partial charge on any atom is -0.313 e. The van der Waals surface area contributed by atoms with Crippen LogP contribution in [0.4, 0.5) is 0 Å². The van der Waals surface area contributed by atoms with Crippen LogP contribution in [0.2, 0.25) is 0 Å². The first-order chi connectivity index (χ1) is 7.16. The van der Waals surface area contributed by atoms with Gasteiger partial charge >= 0.3 is 0 Å². The van der Waals surface area contributed by atoms with Gasteiger partial charge in [0.2, 0.25) is 10.0 Å². The summed E-state index contributed by atoms with van der Waals surface area (Å²) in [6.07, 6.45) is 5.67. The summed E-state index contributed by atoms with van der Waals surface area (Å²) in [5, 5.41) is 3.21. The van der Waals surface area contributed by atoms with Crippen molar-refractivity contribution in [2.45, 2.75) is 38.1 Å². The van der Waals surface area contributed by atoms with Crippen LogP contribution in [0.5, 0.6) is 0 Å². The fraction of sp³-hybridized carbons (Fsp3) is 1.00. The highest BCUT2D eigenvalue weighted by molar-refractivity contribution is 7.89. The Labute approximate surface area is 91.9 Å². The maximum atomic E-state index is 11.6. The molecular weight excluding hydrogens is 212 g/mol. The third kappa shape index (κ3) is 4.09. The van der Waals surface area contributed by atoms with Crippen molar-refractivity contribution in [1.82, 2.24) is 10.0 Å². The molecule has 0 aromatic carbocycles. The molecule has 2 rings (SSSR count). The molecule has 88 valence electrons. The summed E-state index contributed by atoms with van der Waals surface area (Å²) < 4.78 is 26.0. The van der Waals surface area contributed by atoms with Crippen LogP contribution in [0.3, 0.4) is 0 Å². The highest BCUT2D eigenvalue weighted by Crippen LogP contribution is 2.31. The van der Waals surface area contributed by atoms with Crippen molar-refractivity contribution in [2.75, 3.05) is 18.8 Å². The third-order valence-electron chi connectivity index (χ3n) is 3.15. The quantitative estimate of drug-likeness (QED) is 0.699. The average molecular weight is 232 g/mol. The molecule has 1 heterocycles. The fourth-order valence-corrected chi connectivity index (χ4v) is 3.41. The fourth-order valence-electron chi connectivity index (χ4n) is 2.05. The third-order valence-corrected chi connectivity index (χ3v) is 4.64. The number of sulfonamides is 1. The first-order valence-corrected chi connectivity index (χ1v) is 7.52. The van der Waals surface area contributed by atoms with Crippen molar-refractivity contribution >= 4 is 10.0 Å². The molecule has 5 heteroatoms. The van der Waals surface area contributed by atoms with Crippen molar-refractivity contribution in [3.8, 4) is 0 Å². The van der Waals surface area contributed by atoms with E-state index in [-0.39, 0.29) is 11.8 Å². The van der Waals surface area contributed by atoms with Gasteiger partial charge in [0.15, 0.2) is 0 Å². The van der Waals surface area contributed by atoms with Gasteiger partial charge in [0, 0.05) is 12.6 Å². The predicted octanol–water partition coefficient (Wildman–Crippen LogP) is 0.458. The van der Waals surface area contributed by atoms with Crippen molar-refractivity contribution < 1.29 is 8.42 Å². The van der Waals surface area contributed by atoms with E-state index in [2.05, 4.69) is 10.0 Å². The number of rotatable bonds is 6. The Hall–Kier alpha value is -0.130. The smallest absolute Gasteiger partial charge is 0.213 e. The second-order valence-electron chi connectivity index (χ2n) is 4.70. The molecule has 1 atom stereocenters. The van der Waals surface area contributed by atoms with Gasteiger partial charge in [-0.1, -0.05) is 12.8 Å². The second-order valence-corrected chi connectivity index (χ2v) is 6.55. The van der Waals surface area contributed by atoms with Crippen LogP contribution in [0.15, 0.2) is 0 Å². The zero-order chi connectivity index (χ0) is 10.7. The van der Waals surface area contributed by atoms with Gasteiger partial charge in [-0.25, -0.2) is 13.1 Å². The van der Waals surface area contributed by atoms with Gasteiger partial charge in [-0.2, -0.15) is 0 Å². The van der Waals surface area contributed by atoms with Gasteiger partial charge in [-0.15, -0.1) is 0 Å². The average Bonchev–Trinajstić information content (AvgIpc) is 2.83. The van der Waals surface area contributed by atoms with E-state index in [1.54, 1.807) is 0 Å². The van der Waals surface area contributed by atoms with Crippen molar-refractivity contribution in [2.24, 2.45) is 5.92 Å². The molecular formula is C10H20N2O2S. The van der Waals surface area contributed by atoms with E-state index in [0.717, 1.165) is 31.7 Å². The van der Waals surface area contributed by atoms with Crippen molar-refractivity contribution in [3.63, 3.8) is 0 Å². The number of hydrogen-bond acceptors (Lipinski definition) is 3. The Morgan fingerprint density at radius 1 is 1.27 bits per heavy atom. The van der Waals surface area contributed by atoms with E-state index in [0.29, 0.717) is 6.54 Å². The van der Waals surface area contributed by atoms with E-state index in [9.17, 15) is 8.42 Å². The van der Waals surface area contributed by atoms with E-state index >= 15 is 0 Å². The summed E-state index contributed by atoms with van der Waals surface area (Å²) >= 11 is 0. The van der Waals surface area contributed by atoms with Crippen LogP contribution in [-0.2, 0) is 10.0 Å². The molecule has 1 saturated heterocycles. The summed E-state index contributed by atoms with van der Waals surface area (Å²) in [7, 11) is -3.05. The Morgan fingerprint density at radius 2 is 2.07 bits per heavy atom. The van der Waals surface area contributed by atoms with E-state index in [1.165, 1.54) is 12.8 Å². The Bertz CT molecular complexity index is 293. The molecule has 0 aromatic heterocycles. The van der Waals surface area contributed by atoms with Crippen LogP contribution in [0.1, 0.15) is 32.1 Å². The molecule has 1 aliphatic heterocycles. The van der Waals surface area contributed by atoms with Gasteiger partial charge < -0.3 is 5.32 Å². The van der Waals surface area contributed by atoms with Gasteiger partial charge in [0.05, 0.1) is 5.75 Å². The molecule has 0 bridgehead atoms. The highest BCUT2D eigenvalue weighted by atomic mass is 32.2. The Balaban J connectivity index is 1.67. The monoisotopic (exact) mass is 232 g/mol. The summed E-state index contributed by atoms with van der Waals surface area (Å²) in [4.78, 5) is 0. The Kier molecular flexibility index (Phi) is 3.64. The molecule has 0 radical (unpaired) electrons. The van der Waals surface area contributed by atoms with Crippen LogP contribution in [0.25, 0.3) is 0 Å². The molecule has 2 fully saturated rings. The van der Waals surface area contributed by atoms with Crippen LogP contribution in [0, 0.1) is 5.92 Å². The summed E-state index contributed by atoms with van der Waals surface area (Å²) in [6, 6.07) is 0.170. The predicted molar refractivity (Wildman–Crippen MR) is 60.2 cm³/mol. The topological polar surface area (TPSA) is 58.2 Å². The van der Waals surface area contributed by atoms with E-state index in [1.807, 2.05) is 0 Å². The van der Waals surface area contributed by atoms with Crippen molar-refractivity contribution in [1.29, 1.82) is 0 Å². The summed E-state index contributed by atoms with van der Waals surface area (Å²) in [5.41, 5.74) is 0. The van der Waals surface area contributed by atoms with Crippen LogP contribution in [-0.4, -0.2) is 33.3 Å². The second kappa shape index (κ2) is 4.80. The largest absolute Gasteiger partial charge is 0.313 e. The number of hydrogen-bond donors (Lipinski definition) is 2. The van der Waals surface area contributed by atoms with Crippen LogP contribution < -0.4 is 10.0 Å². The van der Waals surface area contributed by atoms with Gasteiger partial charge in [0.1, 0.15) is 0 Å². The highest BCUT2D eigenvalue weighted by Gasteiger charge is 2.24. The van der Waals surface area contributed by atoms with Gasteiger partial charge in [-0.05, 0) is 31.7 Å². The molecule has 4 nitrogen and oxygen atoms in total. The lowest BCUT2D eigenvalue weighted by molar-refractivity contribution is 0.559. The normalized spacial score (nSPS) is 27.1. The van der Waals surface area contributed by atoms with E-state index < -0.39 is 10.0 Å². The van der Waals surface area contributed by atoms with Gasteiger partial charge in [0.25, 0.3) is 0 Å². The molecule has 15 heavy (non-hydrogen) atoms. The molecule has 1 saturated carbocycles. The SMILES string of the molecule is O=S(=O)(CC1CCCN1)NCCC1CC1. The zero-order valence-corrected chi connectivity index (χ0v) is 9.85. The molecule has 0 aromatic rings. The molecule has 2 N–H and O–H groups in total. The minimum absolute atomic E-state index is 0.170. The standard InChI is InChI=1S/C10H20N2O2S/c13-15(14,8-10-2-1-6-11-10)12-7-5-9-3-4-9/h9-12H,1-8H2. The lowest BCUT2D eigenvalue weighted by atomic mass is 10.3. The molecule has 1 aliphatic carbocycles. The lowest BCUT2D eigenvalue weighted by Gasteiger charge is -2.11. The van der Waals surface area contributed by atoms with Crippen molar-refractivity contribution in [3.05, 3.63) is 0 Å².